The quantitative estimate of drug-likeness (QED) is 0.217. The maximum atomic E-state index is 14.5. The van der Waals surface area contributed by atoms with Crippen LogP contribution in [0.2, 0.25) is 5.02 Å². The van der Waals surface area contributed by atoms with Crippen molar-refractivity contribution in [2.75, 3.05) is 31.2 Å². The lowest BCUT2D eigenvalue weighted by Gasteiger charge is -2.40. The van der Waals surface area contributed by atoms with Crippen LogP contribution in [-0.2, 0) is 19.1 Å². The Morgan fingerprint density at radius 2 is 2.03 bits per heavy atom. The third kappa shape index (κ3) is 4.91. The van der Waals surface area contributed by atoms with Gasteiger partial charge in [-0.15, -0.1) is 24.9 Å². The van der Waals surface area contributed by atoms with Crippen molar-refractivity contribution in [3.63, 3.8) is 0 Å². The van der Waals surface area contributed by atoms with Crippen LogP contribution in [0.25, 0.3) is 0 Å². The van der Waals surface area contributed by atoms with Gasteiger partial charge in [0, 0.05) is 24.9 Å². The second-order valence-corrected chi connectivity index (χ2v) is 12.3. The average molecular weight is 561 g/mol. The molecule has 3 aliphatic rings. The number of aliphatic hydroxyl groups is 1. The molecule has 3 heterocycles. The van der Waals surface area contributed by atoms with Gasteiger partial charge in [-0.05, 0) is 50.2 Å². The number of ether oxygens (including phenoxy) is 1. The molecule has 0 aliphatic carbocycles. The van der Waals surface area contributed by atoms with Crippen LogP contribution in [0.4, 0.5) is 5.69 Å². The smallest absolute Gasteiger partial charge is 0.310 e. The second-order valence-electron chi connectivity index (χ2n) is 10.3. The number of carbonyl (C=O) groups excluding carboxylic acids is 3. The Kier molecular flexibility index (Phi) is 9.27. The number of rotatable bonds is 13. The first-order valence-electron chi connectivity index (χ1n) is 13.4. The van der Waals surface area contributed by atoms with Gasteiger partial charge in [0.1, 0.15) is 6.04 Å². The molecule has 7 nitrogen and oxygen atoms in total. The van der Waals surface area contributed by atoms with Gasteiger partial charge in [0.05, 0.1) is 33.9 Å². The number of hydrogen-bond acceptors (Lipinski definition) is 6. The fourth-order valence-corrected chi connectivity index (χ4v) is 9.09. The van der Waals surface area contributed by atoms with Crippen molar-refractivity contribution >= 4 is 46.8 Å². The van der Waals surface area contributed by atoms with Crippen LogP contribution < -0.4 is 4.90 Å². The lowest BCUT2D eigenvalue weighted by Crippen LogP contribution is -2.57. The molecule has 0 radical (unpaired) electrons. The van der Waals surface area contributed by atoms with Crippen LogP contribution in [-0.4, -0.2) is 70.1 Å². The van der Waals surface area contributed by atoms with E-state index >= 15 is 0 Å². The minimum absolute atomic E-state index is 0.00428. The van der Waals surface area contributed by atoms with E-state index in [2.05, 4.69) is 20.1 Å². The van der Waals surface area contributed by atoms with Crippen molar-refractivity contribution in [3.05, 3.63) is 54.6 Å². The maximum Gasteiger partial charge on any atom is 0.310 e. The topological polar surface area (TPSA) is 87.1 Å². The van der Waals surface area contributed by atoms with E-state index in [-0.39, 0.29) is 48.7 Å². The number of halogens is 1. The molecule has 2 bridgehead atoms. The number of aliphatic hydroxyl groups excluding tert-OH is 1. The fraction of sp³-hybridized carbons (Fsp3) is 0.552. The summed E-state index contributed by atoms with van der Waals surface area (Å²) < 4.78 is 4.89. The molecular weight excluding hydrogens is 524 g/mol. The summed E-state index contributed by atoms with van der Waals surface area (Å²) in [5, 5.41) is 9.75. The van der Waals surface area contributed by atoms with Gasteiger partial charge in [0.2, 0.25) is 5.91 Å². The molecule has 206 valence electrons. The number of para-hydroxylation sites is 1. The highest BCUT2D eigenvalue weighted by molar-refractivity contribution is 8.02. The van der Waals surface area contributed by atoms with Crippen LogP contribution in [0.3, 0.4) is 0 Å². The summed E-state index contributed by atoms with van der Waals surface area (Å²) in [7, 11) is 0. The van der Waals surface area contributed by atoms with Crippen LogP contribution in [0, 0.1) is 17.8 Å². The zero-order chi connectivity index (χ0) is 27.4. The predicted octanol–water partition coefficient (Wildman–Crippen LogP) is 4.48. The Morgan fingerprint density at radius 3 is 2.71 bits per heavy atom. The van der Waals surface area contributed by atoms with E-state index in [4.69, 9.17) is 16.3 Å². The number of allylic oxidation sites excluding steroid dienone is 1. The molecule has 1 N–H and O–H groups in total. The van der Waals surface area contributed by atoms with Crippen molar-refractivity contribution in [1.82, 2.24) is 4.90 Å². The van der Waals surface area contributed by atoms with Gasteiger partial charge in [-0.25, -0.2) is 0 Å². The standard InChI is InChI=1S/C29H37ClN2O5S/c1-4-6-11-17-37-28(36)23-22-18-19(3)29(38-22)24(23)26(34)32(15-9-10-16-33)25(29)27(35)31(14-5-2)21-13-8-7-12-20(21)30/h4-5,7-8,12-13,19,22-25,33H,1-2,6,9-11,14-18H2,3H3/t19?,22-,23+,24+,25?,29?/m1/s1. The van der Waals surface area contributed by atoms with Gasteiger partial charge in [0.25, 0.3) is 5.91 Å². The number of benzene rings is 1. The van der Waals surface area contributed by atoms with Crippen LogP contribution in [0.1, 0.15) is 39.0 Å². The Balaban J connectivity index is 1.73. The summed E-state index contributed by atoms with van der Waals surface area (Å²) in [6.07, 6.45) is 6.67. The lowest BCUT2D eigenvalue weighted by atomic mass is 9.66. The number of amides is 2. The van der Waals surface area contributed by atoms with Crippen LogP contribution in [0.5, 0.6) is 0 Å². The summed E-state index contributed by atoms with van der Waals surface area (Å²) in [5.41, 5.74) is 0.560. The van der Waals surface area contributed by atoms with Crippen molar-refractivity contribution in [1.29, 1.82) is 0 Å². The normalized spacial score (nSPS) is 29.3. The monoisotopic (exact) mass is 560 g/mol. The molecule has 1 aromatic rings. The largest absolute Gasteiger partial charge is 0.465 e. The number of thioether (sulfide) groups is 1. The molecule has 3 saturated heterocycles. The Hall–Kier alpha value is -2.29. The number of nitrogens with zero attached hydrogens (tertiary/aromatic N) is 2. The minimum Gasteiger partial charge on any atom is -0.465 e. The molecule has 0 saturated carbocycles. The molecule has 38 heavy (non-hydrogen) atoms. The van der Waals surface area contributed by atoms with Crippen molar-refractivity contribution < 1.29 is 24.2 Å². The van der Waals surface area contributed by atoms with E-state index in [0.29, 0.717) is 36.5 Å². The van der Waals surface area contributed by atoms with E-state index in [1.165, 1.54) is 0 Å². The SMILES string of the molecule is C=CCCCOC(=O)[C@@H]1[C@H]2C(=O)N(CCCCO)C(C(=O)N(CC=C)c3ccccc3Cl)C23S[C@@H]1CC3C. The third-order valence-corrected chi connectivity index (χ3v) is 10.5. The molecule has 4 rings (SSSR count). The lowest BCUT2D eigenvalue weighted by molar-refractivity contribution is -0.154. The molecule has 2 amide bonds. The predicted molar refractivity (Wildman–Crippen MR) is 151 cm³/mol. The van der Waals surface area contributed by atoms with Gasteiger partial charge < -0.3 is 19.6 Å². The molecule has 3 unspecified atom stereocenters. The van der Waals surface area contributed by atoms with Gasteiger partial charge >= 0.3 is 5.97 Å². The first kappa shape index (κ1) is 28.7. The molecular formula is C29H37ClN2O5S. The fourth-order valence-electron chi connectivity index (χ4n) is 6.45. The number of esters is 1. The van der Waals surface area contributed by atoms with E-state index in [0.717, 1.165) is 12.8 Å². The Bertz CT molecular complexity index is 1080. The van der Waals surface area contributed by atoms with E-state index in [9.17, 15) is 19.5 Å². The van der Waals surface area contributed by atoms with Crippen LogP contribution in [0.15, 0.2) is 49.6 Å². The van der Waals surface area contributed by atoms with Gasteiger partial charge in [-0.3, -0.25) is 14.4 Å². The molecule has 9 heteroatoms. The number of hydrogen-bond donors (Lipinski definition) is 1. The van der Waals surface area contributed by atoms with Gasteiger partial charge in [0.15, 0.2) is 0 Å². The summed E-state index contributed by atoms with van der Waals surface area (Å²) >= 11 is 8.14. The number of likely N-dealkylation sites (tertiary alicyclic amines) is 1. The highest BCUT2D eigenvalue weighted by Crippen LogP contribution is 2.68. The molecule has 0 aromatic heterocycles. The van der Waals surface area contributed by atoms with Crippen molar-refractivity contribution in [2.45, 2.75) is 55.1 Å². The summed E-state index contributed by atoms with van der Waals surface area (Å²) in [6, 6.07) is 6.38. The van der Waals surface area contributed by atoms with E-state index < -0.39 is 22.6 Å². The average Bonchev–Trinajstić information content (AvgIpc) is 3.49. The summed E-state index contributed by atoms with van der Waals surface area (Å²) in [4.78, 5) is 45.2. The Morgan fingerprint density at radius 1 is 1.26 bits per heavy atom. The van der Waals surface area contributed by atoms with Crippen LogP contribution >= 0.6 is 23.4 Å². The van der Waals surface area contributed by atoms with Crippen molar-refractivity contribution in [3.8, 4) is 0 Å². The Labute approximate surface area is 234 Å². The molecule has 1 spiro atoms. The van der Waals surface area contributed by atoms with E-state index in [1.54, 1.807) is 51.9 Å². The number of anilines is 1. The van der Waals surface area contributed by atoms with E-state index in [1.807, 2.05) is 6.07 Å². The number of carbonyl (C=O) groups is 3. The second kappa shape index (κ2) is 12.3. The highest BCUT2D eigenvalue weighted by atomic mass is 35.5. The number of fused-ring (bicyclic) bond motifs is 1. The third-order valence-electron chi connectivity index (χ3n) is 8.08. The molecule has 3 fully saturated rings. The zero-order valence-electron chi connectivity index (χ0n) is 21.9. The van der Waals surface area contributed by atoms with Crippen molar-refractivity contribution in [2.24, 2.45) is 17.8 Å². The molecule has 1 aromatic carbocycles. The number of unbranched alkanes of at least 4 members (excludes halogenated alkanes) is 2. The first-order valence-corrected chi connectivity index (χ1v) is 14.6. The maximum absolute atomic E-state index is 14.5. The zero-order valence-corrected chi connectivity index (χ0v) is 23.5. The highest BCUT2D eigenvalue weighted by Gasteiger charge is 2.76. The molecule has 6 atom stereocenters. The van der Waals surface area contributed by atoms with Gasteiger partial charge in [-0.2, -0.15) is 0 Å². The first-order chi connectivity index (χ1) is 18.3. The summed E-state index contributed by atoms with van der Waals surface area (Å²) in [6.45, 7) is 10.5. The molecule has 3 aliphatic heterocycles. The summed E-state index contributed by atoms with van der Waals surface area (Å²) in [5.74, 6) is -1.92. The van der Waals surface area contributed by atoms with Gasteiger partial charge in [-0.1, -0.05) is 42.8 Å². The minimum atomic E-state index is -0.765.